The number of rotatable bonds is 6. The van der Waals surface area contributed by atoms with E-state index in [0.29, 0.717) is 30.5 Å². The van der Waals surface area contributed by atoms with Gasteiger partial charge in [-0.15, -0.1) is 0 Å². The van der Waals surface area contributed by atoms with Crippen molar-refractivity contribution in [1.29, 1.82) is 0 Å². The van der Waals surface area contributed by atoms with Gasteiger partial charge in [0, 0.05) is 6.54 Å². The van der Waals surface area contributed by atoms with Gasteiger partial charge in [-0.25, -0.2) is 4.79 Å². The molecule has 0 bridgehead atoms. The van der Waals surface area contributed by atoms with Crippen LogP contribution in [-0.4, -0.2) is 28.2 Å². The summed E-state index contributed by atoms with van der Waals surface area (Å²) in [6.45, 7) is 2.12. The maximum Gasteiger partial charge on any atom is 0.420 e. The topological polar surface area (TPSA) is 84.5 Å². The Morgan fingerprint density at radius 2 is 2.20 bits per heavy atom. The molecule has 6 heteroatoms. The Labute approximate surface area is 116 Å². The molecule has 1 amide bonds. The second-order valence-electron chi connectivity index (χ2n) is 4.76. The molecule has 2 N–H and O–H groups in total. The van der Waals surface area contributed by atoms with Gasteiger partial charge in [0.15, 0.2) is 5.58 Å². The van der Waals surface area contributed by atoms with Crippen LogP contribution in [0.3, 0.4) is 0 Å². The van der Waals surface area contributed by atoms with Crippen LogP contribution in [0, 0.1) is 0 Å². The quantitative estimate of drug-likeness (QED) is 0.768. The molecule has 0 aliphatic carbocycles. The number of nitrogens with zero attached hydrogens (tertiary/aromatic N) is 1. The Morgan fingerprint density at radius 3 is 2.95 bits per heavy atom. The summed E-state index contributed by atoms with van der Waals surface area (Å²) in [5.41, 5.74) is 1.08. The lowest BCUT2D eigenvalue weighted by Gasteiger charge is -2.06. The van der Waals surface area contributed by atoms with Crippen molar-refractivity contribution in [3.8, 4) is 0 Å². The fourth-order valence-corrected chi connectivity index (χ4v) is 1.99. The van der Waals surface area contributed by atoms with Crippen molar-refractivity contribution < 1.29 is 14.3 Å². The summed E-state index contributed by atoms with van der Waals surface area (Å²) in [4.78, 5) is 23.5. The van der Waals surface area contributed by atoms with Gasteiger partial charge in [-0.1, -0.05) is 12.1 Å². The Morgan fingerprint density at radius 1 is 1.45 bits per heavy atom. The molecule has 2 aromatic rings. The Hall–Kier alpha value is -2.08. The van der Waals surface area contributed by atoms with E-state index in [1.807, 2.05) is 0 Å². The average Bonchev–Trinajstić information content (AvgIpc) is 2.71. The first-order valence-electron chi connectivity index (χ1n) is 6.61. The van der Waals surface area contributed by atoms with Gasteiger partial charge in [0.25, 0.3) is 0 Å². The number of fused-ring (bicyclic) bond motifs is 1. The minimum atomic E-state index is -0.537. The normalized spacial score (nSPS) is 12.5. The Kier molecular flexibility index (Phi) is 4.57. The summed E-state index contributed by atoms with van der Waals surface area (Å²) in [7, 11) is 0. The van der Waals surface area contributed by atoms with E-state index in [2.05, 4.69) is 5.32 Å². The predicted octanol–water partition coefficient (Wildman–Crippen LogP) is 0.872. The van der Waals surface area contributed by atoms with Crippen LogP contribution in [0.2, 0.25) is 0 Å². The number of hydrogen-bond donors (Lipinski definition) is 2. The summed E-state index contributed by atoms with van der Waals surface area (Å²) < 4.78 is 6.36. The number of hydrogen-bond acceptors (Lipinski definition) is 4. The van der Waals surface area contributed by atoms with Crippen LogP contribution < -0.4 is 11.1 Å². The number of carbonyl (C=O) groups is 1. The molecule has 20 heavy (non-hydrogen) atoms. The maximum atomic E-state index is 11.8. The van der Waals surface area contributed by atoms with Gasteiger partial charge >= 0.3 is 5.76 Å². The van der Waals surface area contributed by atoms with Gasteiger partial charge in [0.2, 0.25) is 5.91 Å². The molecule has 1 unspecified atom stereocenters. The number of amides is 1. The van der Waals surface area contributed by atoms with Gasteiger partial charge in [-0.05, 0) is 31.9 Å². The van der Waals surface area contributed by atoms with Crippen molar-refractivity contribution >= 4 is 17.0 Å². The molecule has 1 aromatic carbocycles. The zero-order valence-corrected chi connectivity index (χ0v) is 11.3. The minimum Gasteiger partial charge on any atom is -0.408 e. The molecule has 108 valence electrons. The van der Waals surface area contributed by atoms with Crippen LogP contribution in [0.1, 0.15) is 19.8 Å². The van der Waals surface area contributed by atoms with E-state index in [4.69, 9.17) is 9.52 Å². The summed E-state index contributed by atoms with van der Waals surface area (Å²) in [6.07, 6.45) is 0.964. The lowest BCUT2D eigenvalue weighted by molar-refractivity contribution is -0.121. The third-order valence-corrected chi connectivity index (χ3v) is 3.00. The molecule has 6 nitrogen and oxygen atoms in total. The molecule has 0 aliphatic heterocycles. The Balaban J connectivity index is 1.96. The van der Waals surface area contributed by atoms with Crippen LogP contribution in [0.5, 0.6) is 0 Å². The molecular weight excluding hydrogens is 260 g/mol. The van der Waals surface area contributed by atoms with Crippen molar-refractivity contribution in [3.05, 3.63) is 34.8 Å². The molecule has 1 aromatic heterocycles. The molecule has 0 saturated carbocycles. The number of benzene rings is 1. The average molecular weight is 278 g/mol. The molecule has 0 saturated heterocycles. The van der Waals surface area contributed by atoms with E-state index in [9.17, 15) is 9.59 Å². The second-order valence-corrected chi connectivity index (χ2v) is 4.76. The van der Waals surface area contributed by atoms with E-state index in [1.54, 1.807) is 31.2 Å². The zero-order chi connectivity index (χ0) is 14.5. The van der Waals surface area contributed by atoms with Gasteiger partial charge in [0.05, 0.1) is 11.6 Å². The fourth-order valence-electron chi connectivity index (χ4n) is 1.99. The highest BCUT2D eigenvalue weighted by Crippen LogP contribution is 2.11. The molecule has 2 rings (SSSR count). The first-order chi connectivity index (χ1) is 9.58. The summed E-state index contributed by atoms with van der Waals surface area (Å²) >= 11 is 0. The SMILES string of the molecule is CC(O)CCCNC(=O)Cn1c(=O)oc2ccccc21. The van der Waals surface area contributed by atoms with Crippen molar-refractivity contribution in [1.82, 2.24) is 9.88 Å². The van der Waals surface area contributed by atoms with Gasteiger partial charge in [-0.3, -0.25) is 9.36 Å². The third kappa shape index (κ3) is 3.48. The van der Waals surface area contributed by atoms with Crippen molar-refractivity contribution in [2.24, 2.45) is 0 Å². The number of carbonyl (C=O) groups excluding carboxylic acids is 1. The first kappa shape index (κ1) is 14.3. The van der Waals surface area contributed by atoms with Crippen LogP contribution >= 0.6 is 0 Å². The zero-order valence-electron chi connectivity index (χ0n) is 11.3. The van der Waals surface area contributed by atoms with Crippen LogP contribution in [-0.2, 0) is 11.3 Å². The largest absolute Gasteiger partial charge is 0.420 e. The van der Waals surface area contributed by atoms with Crippen molar-refractivity contribution in [2.45, 2.75) is 32.4 Å². The first-order valence-corrected chi connectivity index (χ1v) is 6.61. The predicted molar refractivity (Wildman–Crippen MR) is 74.4 cm³/mol. The van der Waals surface area contributed by atoms with E-state index in [-0.39, 0.29) is 18.6 Å². The number of aromatic nitrogens is 1. The molecule has 0 fully saturated rings. The molecule has 1 atom stereocenters. The van der Waals surface area contributed by atoms with Crippen molar-refractivity contribution in [2.75, 3.05) is 6.54 Å². The van der Waals surface area contributed by atoms with Gasteiger partial charge < -0.3 is 14.8 Å². The molecule has 0 spiro atoms. The standard InChI is InChI=1S/C14H18N2O4/c1-10(17)5-4-8-15-13(18)9-16-11-6-2-3-7-12(11)20-14(16)19/h2-3,6-7,10,17H,4-5,8-9H2,1H3,(H,15,18). The van der Waals surface area contributed by atoms with Crippen LogP contribution in [0.25, 0.3) is 11.1 Å². The van der Waals surface area contributed by atoms with E-state index in [1.165, 1.54) is 4.57 Å². The number of para-hydroxylation sites is 2. The summed E-state index contributed by atoms with van der Waals surface area (Å²) in [5.74, 6) is -0.783. The molecular formula is C14H18N2O4. The molecule has 0 aliphatic rings. The highest BCUT2D eigenvalue weighted by molar-refractivity contribution is 5.79. The maximum absolute atomic E-state index is 11.8. The number of aliphatic hydroxyl groups is 1. The molecule has 1 heterocycles. The van der Waals surface area contributed by atoms with Crippen LogP contribution in [0.15, 0.2) is 33.5 Å². The number of nitrogens with one attached hydrogen (secondary N) is 1. The number of oxazole rings is 1. The smallest absolute Gasteiger partial charge is 0.408 e. The summed E-state index contributed by atoms with van der Waals surface area (Å²) in [5, 5.41) is 11.8. The highest BCUT2D eigenvalue weighted by atomic mass is 16.4. The minimum absolute atomic E-state index is 0.0650. The molecule has 0 radical (unpaired) electrons. The van der Waals surface area contributed by atoms with Crippen LogP contribution in [0.4, 0.5) is 0 Å². The van der Waals surface area contributed by atoms with Gasteiger partial charge in [0.1, 0.15) is 6.54 Å². The highest BCUT2D eigenvalue weighted by Gasteiger charge is 2.11. The second kappa shape index (κ2) is 6.38. The third-order valence-electron chi connectivity index (χ3n) is 3.00. The van der Waals surface area contributed by atoms with E-state index >= 15 is 0 Å². The lowest BCUT2D eigenvalue weighted by atomic mass is 10.2. The lowest BCUT2D eigenvalue weighted by Crippen LogP contribution is -2.31. The van der Waals surface area contributed by atoms with Gasteiger partial charge in [-0.2, -0.15) is 0 Å². The fraction of sp³-hybridized carbons (Fsp3) is 0.429. The summed E-state index contributed by atoms with van der Waals surface area (Å²) in [6, 6.07) is 6.98. The van der Waals surface area contributed by atoms with Crippen molar-refractivity contribution in [3.63, 3.8) is 0 Å². The monoisotopic (exact) mass is 278 g/mol. The Bertz CT molecular complexity index is 642. The van der Waals surface area contributed by atoms with E-state index < -0.39 is 5.76 Å². The number of aliphatic hydroxyl groups excluding tert-OH is 1. The van der Waals surface area contributed by atoms with E-state index in [0.717, 1.165) is 0 Å².